The lowest BCUT2D eigenvalue weighted by Gasteiger charge is -2.69. The number of fused-ring (bicyclic) bond motifs is 7. The van der Waals surface area contributed by atoms with Crippen LogP contribution >= 0.6 is 0 Å². The van der Waals surface area contributed by atoms with E-state index >= 15 is 0 Å². The van der Waals surface area contributed by atoms with Crippen molar-refractivity contribution in [1.82, 2.24) is 0 Å². The largest absolute Gasteiger partial charge is 0.469 e. The molecule has 7 nitrogen and oxygen atoms in total. The van der Waals surface area contributed by atoms with E-state index in [4.69, 9.17) is 16.0 Å². The Balaban J connectivity index is 1.69. The third-order valence-electron chi connectivity index (χ3n) is 13.0. The van der Waals surface area contributed by atoms with Gasteiger partial charge in [0.1, 0.15) is 0 Å². The molecule has 8 atom stereocenters. The first-order valence-corrected chi connectivity index (χ1v) is 15.1. The van der Waals surface area contributed by atoms with Gasteiger partial charge in [-0.25, -0.2) is 4.85 Å². The average molecular weight is 564 g/mol. The van der Waals surface area contributed by atoms with E-state index in [1.54, 1.807) is 13.0 Å². The summed E-state index contributed by atoms with van der Waals surface area (Å²) in [5.74, 6) is -1.63. The van der Waals surface area contributed by atoms with E-state index in [1.165, 1.54) is 14.2 Å². The predicted octanol–water partition coefficient (Wildman–Crippen LogP) is 6.28. The summed E-state index contributed by atoms with van der Waals surface area (Å²) in [6, 6.07) is 0. The zero-order chi connectivity index (χ0) is 30.4. The van der Waals surface area contributed by atoms with Gasteiger partial charge in [0, 0.05) is 16.7 Å². The minimum absolute atomic E-state index is 0.0158. The number of nitrogens with zero attached hydrogens (tertiary/aromatic N) is 1. The van der Waals surface area contributed by atoms with Crippen LogP contribution in [0, 0.1) is 56.8 Å². The number of methoxy groups -OCH3 is 2. The predicted molar refractivity (Wildman–Crippen MR) is 153 cm³/mol. The van der Waals surface area contributed by atoms with E-state index in [-0.39, 0.29) is 52.8 Å². The lowest BCUT2D eigenvalue weighted by Crippen LogP contribution is -2.66. The van der Waals surface area contributed by atoms with Crippen molar-refractivity contribution in [1.29, 1.82) is 0 Å². The zero-order valence-electron chi connectivity index (χ0n) is 25.9. The molecule has 0 heterocycles. The van der Waals surface area contributed by atoms with Crippen LogP contribution in [0.2, 0.25) is 0 Å². The van der Waals surface area contributed by atoms with Crippen molar-refractivity contribution in [2.24, 2.45) is 50.2 Å². The maximum atomic E-state index is 14.5. The second-order valence-electron chi connectivity index (χ2n) is 15.3. The van der Waals surface area contributed by atoms with Gasteiger partial charge in [-0.05, 0) is 79.1 Å². The molecule has 0 N–H and O–H groups in total. The molecule has 5 aliphatic rings. The van der Waals surface area contributed by atoms with Gasteiger partial charge >= 0.3 is 11.9 Å². The van der Waals surface area contributed by atoms with Gasteiger partial charge < -0.3 is 14.3 Å². The van der Waals surface area contributed by atoms with Crippen LogP contribution < -0.4 is 0 Å². The molecule has 5 rings (SSSR count). The summed E-state index contributed by atoms with van der Waals surface area (Å²) in [7, 11) is 2.78. The molecule has 3 fully saturated rings. The van der Waals surface area contributed by atoms with Gasteiger partial charge in [-0.1, -0.05) is 53.2 Å². The summed E-state index contributed by atoms with van der Waals surface area (Å²) in [4.78, 5) is 57.8. The molecule has 0 aromatic carbocycles. The Hall–Kier alpha value is -2.75. The fourth-order valence-electron chi connectivity index (χ4n) is 10.6. The minimum Gasteiger partial charge on any atom is -0.469 e. The normalized spacial score (nSPS) is 44.5. The number of carbonyl (C=O) groups is 4. The zero-order valence-corrected chi connectivity index (χ0v) is 25.9. The molecule has 0 spiro atoms. The Kier molecular flexibility index (Phi) is 6.62. The van der Waals surface area contributed by atoms with Gasteiger partial charge in [0.2, 0.25) is 5.70 Å². The van der Waals surface area contributed by atoms with E-state index in [0.717, 1.165) is 37.7 Å². The third-order valence-corrected chi connectivity index (χ3v) is 13.0. The van der Waals surface area contributed by atoms with Crippen LogP contribution in [0.1, 0.15) is 92.9 Å². The number of allylic oxidation sites excluding steroid dienone is 4. The quantitative estimate of drug-likeness (QED) is 0.297. The first kappa shape index (κ1) is 29.7. The van der Waals surface area contributed by atoms with Crippen molar-refractivity contribution < 1.29 is 28.7 Å². The number of ether oxygens (including phenoxy) is 2. The molecule has 3 saturated carbocycles. The van der Waals surface area contributed by atoms with Crippen molar-refractivity contribution in [3.05, 3.63) is 34.8 Å². The maximum Gasteiger partial charge on any atom is 0.312 e. The van der Waals surface area contributed by atoms with Crippen LogP contribution in [0.5, 0.6) is 0 Å². The van der Waals surface area contributed by atoms with Gasteiger partial charge in [0.25, 0.3) is 0 Å². The molecule has 7 heteroatoms. The molecule has 0 saturated heterocycles. The topological polar surface area (TPSA) is 91.1 Å². The first-order chi connectivity index (χ1) is 19.0. The fraction of sp³-hybridized carbons (Fsp3) is 0.735. The van der Waals surface area contributed by atoms with Crippen LogP contribution in [-0.4, -0.2) is 37.7 Å². The highest BCUT2D eigenvalue weighted by atomic mass is 16.5. The Labute approximate surface area is 244 Å². The van der Waals surface area contributed by atoms with E-state index < -0.39 is 33.0 Å². The lowest BCUT2D eigenvalue weighted by atomic mass is 9.34. The van der Waals surface area contributed by atoms with Gasteiger partial charge in [-0.15, -0.1) is 0 Å². The van der Waals surface area contributed by atoms with Gasteiger partial charge in [0.05, 0.1) is 32.6 Å². The number of esters is 2. The van der Waals surface area contributed by atoms with E-state index in [2.05, 4.69) is 39.5 Å². The number of ketones is 2. The molecule has 0 bridgehead atoms. The highest BCUT2D eigenvalue weighted by molar-refractivity contribution is 6.05. The maximum absolute atomic E-state index is 14.5. The summed E-state index contributed by atoms with van der Waals surface area (Å²) in [6.45, 7) is 20.7. The second kappa shape index (κ2) is 9.12. The van der Waals surface area contributed by atoms with Crippen molar-refractivity contribution >= 4 is 23.5 Å². The smallest absolute Gasteiger partial charge is 0.312 e. The van der Waals surface area contributed by atoms with Crippen LogP contribution in [0.15, 0.2) is 23.4 Å². The van der Waals surface area contributed by atoms with Gasteiger partial charge in [-0.2, -0.15) is 0 Å². The molecule has 41 heavy (non-hydrogen) atoms. The Morgan fingerprint density at radius 1 is 0.976 bits per heavy atom. The molecule has 0 aromatic rings. The molecule has 0 aromatic heterocycles. The Morgan fingerprint density at radius 3 is 2.24 bits per heavy atom. The van der Waals surface area contributed by atoms with Crippen LogP contribution in [-0.2, 0) is 28.7 Å². The van der Waals surface area contributed by atoms with Gasteiger partial charge in [-0.3, -0.25) is 14.4 Å². The number of Topliss-reactive ketones (excluding diaryl/α,β-unsaturated/α-hetero) is 1. The highest BCUT2D eigenvalue weighted by Gasteiger charge is 2.71. The Morgan fingerprint density at radius 2 is 1.63 bits per heavy atom. The van der Waals surface area contributed by atoms with Crippen molar-refractivity contribution in [3.63, 3.8) is 0 Å². The first-order valence-electron chi connectivity index (χ1n) is 15.1. The monoisotopic (exact) mass is 563 g/mol. The van der Waals surface area contributed by atoms with Crippen molar-refractivity contribution in [2.75, 3.05) is 14.2 Å². The van der Waals surface area contributed by atoms with E-state index in [0.29, 0.717) is 12.8 Å². The fourth-order valence-corrected chi connectivity index (χ4v) is 10.6. The third kappa shape index (κ3) is 3.74. The highest BCUT2D eigenvalue weighted by Crippen LogP contribution is 2.74. The molecule has 0 unspecified atom stereocenters. The van der Waals surface area contributed by atoms with Crippen LogP contribution in [0.4, 0.5) is 0 Å². The summed E-state index contributed by atoms with van der Waals surface area (Å²) in [6.07, 6.45) is 8.80. The number of carbonyl (C=O) groups excluding carboxylic acids is 4. The Bertz CT molecular complexity index is 1330. The lowest BCUT2D eigenvalue weighted by molar-refractivity contribution is -0.191. The van der Waals surface area contributed by atoms with Crippen LogP contribution in [0.25, 0.3) is 4.85 Å². The summed E-state index contributed by atoms with van der Waals surface area (Å²) >= 11 is 0. The number of hydrogen-bond donors (Lipinski definition) is 0. The van der Waals surface area contributed by atoms with Crippen molar-refractivity contribution in [3.8, 4) is 0 Å². The average Bonchev–Trinajstić information content (AvgIpc) is 2.91. The van der Waals surface area contributed by atoms with Crippen LogP contribution in [0.3, 0.4) is 0 Å². The molecule has 222 valence electrons. The summed E-state index contributed by atoms with van der Waals surface area (Å²) in [5, 5.41) is 0. The van der Waals surface area contributed by atoms with E-state index in [1.807, 2.05) is 6.08 Å². The van der Waals surface area contributed by atoms with Crippen molar-refractivity contribution in [2.45, 2.75) is 92.9 Å². The second-order valence-corrected chi connectivity index (χ2v) is 15.3. The van der Waals surface area contributed by atoms with Gasteiger partial charge in [0.15, 0.2) is 11.6 Å². The van der Waals surface area contributed by atoms with E-state index in [9.17, 15) is 19.2 Å². The minimum atomic E-state index is -1.11. The standard InChI is InChI=1S/C34H45NO6/c1-29(2)12-14-34(28(39)41-9)15-13-33(6)26(20(34)17-29)22(36)16-24-30(3)18-21(35-7)27(38)31(4,19-25(37)40-8)23(30)10-11-32(24,33)5/h16,18,20,23,26H,10-15,17,19H2,1-6,8-9H3/t20-,23+,26-,30-,31-,32+,33+,34-/m0/s1. The summed E-state index contributed by atoms with van der Waals surface area (Å²) < 4.78 is 10.4. The number of rotatable bonds is 3. The molecule has 0 radical (unpaired) electrons. The SMILES string of the molecule is [C-]#[N+]C1=C[C@]2(C)C3=CC(=O)[C@@H]4[C@@H]5CC(C)(C)CC[C@]5(C(=O)OC)CC[C@@]4(C)[C@]3(C)CC[C@H]2[C@](C)(CC(=O)OC)C1=O. The summed E-state index contributed by atoms with van der Waals surface area (Å²) in [5.41, 5.74) is -2.31. The molecule has 5 aliphatic carbocycles. The molecule has 0 aliphatic heterocycles. The molecule has 0 amide bonds. The molecular formula is C34H45NO6. The number of hydrogen-bond acceptors (Lipinski definition) is 6. The molecular weight excluding hydrogens is 518 g/mol.